The first kappa shape index (κ1) is 10.2. The summed E-state index contributed by atoms with van der Waals surface area (Å²) in [6.07, 6.45) is 1.60. The van der Waals surface area contributed by atoms with Crippen molar-refractivity contribution in [2.24, 2.45) is 0 Å². The number of rotatable bonds is 2. The molecule has 3 amide bonds. The first-order chi connectivity index (χ1) is 7.74. The van der Waals surface area contributed by atoms with Crippen molar-refractivity contribution in [2.45, 2.75) is 0 Å². The number of nitrogens with zero attached hydrogens (tertiary/aromatic N) is 1. The molecule has 0 atom stereocenters. The van der Waals surface area contributed by atoms with Crippen LogP contribution in [-0.2, 0) is 0 Å². The summed E-state index contributed by atoms with van der Waals surface area (Å²) in [6.45, 7) is 3.93. The summed E-state index contributed by atoms with van der Waals surface area (Å²) in [5.74, 6) is -0.324. The Morgan fingerprint density at radius 2 is 2.00 bits per heavy atom. The number of para-hydroxylation sites is 1. The number of amides is 3. The topological polar surface area (TPSA) is 61.4 Å². The zero-order valence-corrected chi connectivity index (χ0v) is 8.56. The van der Waals surface area contributed by atoms with Crippen LogP contribution in [0.15, 0.2) is 36.9 Å². The van der Waals surface area contributed by atoms with Crippen LogP contribution >= 0.6 is 0 Å². The molecule has 5 nitrogen and oxygen atoms in total. The lowest BCUT2D eigenvalue weighted by Gasteiger charge is -2.19. The van der Waals surface area contributed by atoms with Crippen molar-refractivity contribution in [3.63, 3.8) is 0 Å². The highest BCUT2D eigenvalue weighted by atomic mass is 16.2. The van der Waals surface area contributed by atoms with Gasteiger partial charge in [0.1, 0.15) is 0 Å². The quantitative estimate of drug-likeness (QED) is 0.727. The highest BCUT2D eigenvalue weighted by molar-refractivity contribution is 6.07. The summed E-state index contributed by atoms with van der Waals surface area (Å²) in [7, 11) is 0. The summed E-state index contributed by atoms with van der Waals surface area (Å²) in [5, 5.41) is 0. The molecule has 0 fully saturated rings. The Morgan fingerprint density at radius 3 is 2.75 bits per heavy atom. The number of carbonyl (C=O) groups excluding carboxylic acids is 2. The lowest BCUT2D eigenvalue weighted by Crippen LogP contribution is -2.45. The Bertz CT molecular complexity index is 456. The van der Waals surface area contributed by atoms with Gasteiger partial charge in [-0.1, -0.05) is 18.2 Å². The number of hydrazine groups is 1. The third kappa shape index (κ3) is 1.63. The van der Waals surface area contributed by atoms with E-state index in [1.807, 2.05) is 0 Å². The molecule has 0 radical (unpaired) electrons. The minimum absolute atomic E-state index is 0.324. The second-order valence-corrected chi connectivity index (χ2v) is 3.30. The van der Waals surface area contributed by atoms with Crippen LogP contribution in [0, 0.1) is 0 Å². The maximum atomic E-state index is 11.7. The molecule has 0 saturated heterocycles. The van der Waals surface area contributed by atoms with Crippen LogP contribution in [0.4, 0.5) is 10.5 Å². The second kappa shape index (κ2) is 4.06. The molecule has 1 aliphatic heterocycles. The highest BCUT2D eigenvalue weighted by Gasteiger charge is 2.24. The normalized spacial score (nSPS) is 14.6. The largest absolute Gasteiger partial charge is 0.340 e. The molecule has 0 spiro atoms. The zero-order valence-electron chi connectivity index (χ0n) is 8.56. The third-order valence-corrected chi connectivity index (χ3v) is 2.28. The standard InChI is InChI=1S/C11H11N3O2/c1-2-7-14-9-6-4-3-5-8(9)10(15)12-13-11(14)16/h2-6H,1,7H2,(H,12,15)(H,13,16). The molecule has 2 N–H and O–H groups in total. The van der Waals surface area contributed by atoms with Gasteiger partial charge in [0.15, 0.2) is 0 Å². The van der Waals surface area contributed by atoms with E-state index in [-0.39, 0.29) is 11.9 Å². The molecule has 0 aromatic heterocycles. The number of hydrogen-bond donors (Lipinski definition) is 2. The van der Waals surface area contributed by atoms with Gasteiger partial charge in [0, 0.05) is 6.54 Å². The van der Waals surface area contributed by atoms with Gasteiger partial charge >= 0.3 is 6.03 Å². The number of hydrogen-bond acceptors (Lipinski definition) is 2. The maximum absolute atomic E-state index is 11.7. The molecule has 1 aromatic rings. The number of anilines is 1. The molecular weight excluding hydrogens is 206 g/mol. The van der Waals surface area contributed by atoms with Gasteiger partial charge in [-0.2, -0.15) is 0 Å². The first-order valence-electron chi connectivity index (χ1n) is 4.82. The number of benzene rings is 1. The fraction of sp³-hybridized carbons (Fsp3) is 0.0909. The van der Waals surface area contributed by atoms with Crippen LogP contribution in [0.25, 0.3) is 0 Å². The molecule has 0 bridgehead atoms. The second-order valence-electron chi connectivity index (χ2n) is 3.30. The van der Waals surface area contributed by atoms with Crippen LogP contribution in [0.3, 0.4) is 0 Å². The molecule has 2 rings (SSSR count). The monoisotopic (exact) mass is 217 g/mol. The van der Waals surface area contributed by atoms with E-state index in [4.69, 9.17) is 0 Å². The van der Waals surface area contributed by atoms with E-state index >= 15 is 0 Å². The van der Waals surface area contributed by atoms with Crippen molar-refractivity contribution in [2.75, 3.05) is 11.4 Å². The van der Waals surface area contributed by atoms with Gasteiger partial charge in [0.2, 0.25) is 0 Å². The molecule has 1 heterocycles. The first-order valence-corrected chi connectivity index (χ1v) is 4.82. The molecule has 0 aliphatic carbocycles. The maximum Gasteiger partial charge on any atom is 0.340 e. The summed E-state index contributed by atoms with van der Waals surface area (Å²) in [4.78, 5) is 24.7. The van der Waals surface area contributed by atoms with Crippen molar-refractivity contribution in [3.8, 4) is 0 Å². The average Bonchev–Trinajstić information content (AvgIpc) is 2.42. The number of urea groups is 1. The van der Waals surface area contributed by atoms with Crippen LogP contribution in [0.2, 0.25) is 0 Å². The molecule has 0 saturated carbocycles. The Balaban J connectivity index is 2.52. The number of nitrogens with one attached hydrogen (secondary N) is 2. The van der Waals surface area contributed by atoms with Gasteiger partial charge in [-0.15, -0.1) is 6.58 Å². The lowest BCUT2D eigenvalue weighted by atomic mass is 10.1. The van der Waals surface area contributed by atoms with Crippen LogP contribution in [0.1, 0.15) is 10.4 Å². The van der Waals surface area contributed by atoms with Crippen LogP contribution in [-0.4, -0.2) is 18.5 Å². The minimum Gasteiger partial charge on any atom is -0.288 e. The highest BCUT2D eigenvalue weighted by Crippen LogP contribution is 2.21. The van der Waals surface area contributed by atoms with Gasteiger partial charge in [-0.25, -0.2) is 10.2 Å². The smallest absolute Gasteiger partial charge is 0.288 e. The summed E-state index contributed by atoms with van der Waals surface area (Å²) in [6, 6.07) is 6.55. The fourth-order valence-corrected chi connectivity index (χ4v) is 1.57. The van der Waals surface area contributed by atoms with Crippen molar-refractivity contribution in [1.82, 2.24) is 10.9 Å². The van der Waals surface area contributed by atoms with Gasteiger partial charge in [-0.05, 0) is 12.1 Å². The third-order valence-electron chi connectivity index (χ3n) is 2.28. The van der Waals surface area contributed by atoms with E-state index in [9.17, 15) is 9.59 Å². The molecule has 1 aliphatic rings. The van der Waals surface area contributed by atoms with E-state index in [0.29, 0.717) is 17.8 Å². The van der Waals surface area contributed by atoms with Crippen molar-refractivity contribution in [1.29, 1.82) is 0 Å². The van der Waals surface area contributed by atoms with Gasteiger partial charge in [0.25, 0.3) is 5.91 Å². The minimum atomic E-state index is -0.377. The Morgan fingerprint density at radius 1 is 1.25 bits per heavy atom. The van der Waals surface area contributed by atoms with Crippen LogP contribution in [0.5, 0.6) is 0 Å². The molecule has 16 heavy (non-hydrogen) atoms. The van der Waals surface area contributed by atoms with Gasteiger partial charge < -0.3 is 0 Å². The van der Waals surface area contributed by atoms with E-state index in [2.05, 4.69) is 17.4 Å². The molecule has 82 valence electrons. The predicted octanol–water partition coefficient (Wildman–Crippen LogP) is 1.05. The van der Waals surface area contributed by atoms with E-state index < -0.39 is 0 Å². The Kier molecular flexibility index (Phi) is 2.59. The lowest BCUT2D eigenvalue weighted by molar-refractivity contribution is 0.0941. The average molecular weight is 217 g/mol. The summed E-state index contributed by atoms with van der Waals surface area (Å²) < 4.78 is 0. The van der Waals surface area contributed by atoms with Gasteiger partial charge in [0.05, 0.1) is 11.3 Å². The number of fused-ring (bicyclic) bond motifs is 1. The van der Waals surface area contributed by atoms with E-state index in [1.165, 1.54) is 4.90 Å². The van der Waals surface area contributed by atoms with E-state index in [1.54, 1.807) is 30.3 Å². The predicted molar refractivity (Wildman–Crippen MR) is 60.0 cm³/mol. The van der Waals surface area contributed by atoms with Crippen molar-refractivity contribution in [3.05, 3.63) is 42.5 Å². The Labute approximate surface area is 92.7 Å². The van der Waals surface area contributed by atoms with Crippen molar-refractivity contribution < 1.29 is 9.59 Å². The zero-order chi connectivity index (χ0) is 11.5. The summed E-state index contributed by atoms with van der Waals surface area (Å²) in [5.41, 5.74) is 5.68. The summed E-state index contributed by atoms with van der Waals surface area (Å²) >= 11 is 0. The van der Waals surface area contributed by atoms with E-state index in [0.717, 1.165) is 0 Å². The SMILES string of the molecule is C=CCN1C(=O)NNC(=O)c2ccccc21. The molecule has 0 unspecified atom stereocenters. The van der Waals surface area contributed by atoms with Crippen LogP contribution < -0.4 is 15.8 Å². The molecular formula is C11H11N3O2. The number of carbonyl (C=O) groups is 2. The van der Waals surface area contributed by atoms with Gasteiger partial charge in [-0.3, -0.25) is 15.1 Å². The molecule has 1 aromatic carbocycles. The van der Waals surface area contributed by atoms with Crippen molar-refractivity contribution >= 4 is 17.6 Å². The Hall–Kier alpha value is -2.30. The fourth-order valence-electron chi connectivity index (χ4n) is 1.57. The molecule has 5 heteroatoms.